The molecule has 0 aliphatic heterocycles. The first-order valence-electron chi connectivity index (χ1n) is 6.25. The number of fused-ring (bicyclic) bond motifs is 1. The van der Waals surface area contributed by atoms with Gasteiger partial charge in [0.2, 0.25) is 0 Å². The Labute approximate surface area is 130 Å². The minimum Gasteiger partial charge on any atom is -0.459 e. The lowest BCUT2D eigenvalue weighted by Crippen LogP contribution is -2.10. The molecule has 1 atom stereocenters. The summed E-state index contributed by atoms with van der Waals surface area (Å²) in [6.45, 7) is 2.06. The maximum Gasteiger partial charge on any atom is 0.134 e. The summed E-state index contributed by atoms with van der Waals surface area (Å²) < 4.78 is 6.69. The van der Waals surface area contributed by atoms with Crippen molar-refractivity contribution in [2.24, 2.45) is 5.73 Å². The molecule has 0 fully saturated rings. The van der Waals surface area contributed by atoms with E-state index in [1.54, 1.807) is 0 Å². The van der Waals surface area contributed by atoms with Gasteiger partial charge in [-0.2, -0.15) is 0 Å². The van der Waals surface area contributed by atoms with Gasteiger partial charge in [-0.1, -0.05) is 29.3 Å². The van der Waals surface area contributed by atoms with Crippen LogP contribution in [0.1, 0.15) is 22.9 Å². The van der Waals surface area contributed by atoms with Gasteiger partial charge in [0.05, 0.1) is 11.1 Å². The van der Waals surface area contributed by atoms with Crippen molar-refractivity contribution in [3.05, 3.63) is 68.8 Å². The molecular weight excluding hydrogens is 338 g/mol. The molecule has 0 bridgehead atoms. The summed E-state index contributed by atoms with van der Waals surface area (Å²) in [5, 5.41) is 1.71. The van der Waals surface area contributed by atoms with Gasteiger partial charge in [-0.05, 0) is 58.7 Å². The van der Waals surface area contributed by atoms with Crippen LogP contribution in [0.4, 0.5) is 0 Å². The smallest absolute Gasteiger partial charge is 0.134 e. The van der Waals surface area contributed by atoms with Gasteiger partial charge in [0.1, 0.15) is 11.3 Å². The molecule has 0 aliphatic rings. The van der Waals surface area contributed by atoms with Crippen molar-refractivity contribution in [3.8, 4) is 0 Å². The fourth-order valence-electron chi connectivity index (χ4n) is 2.21. The van der Waals surface area contributed by atoms with Crippen LogP contribution >= 0.6 is 27.5 Å². The topological polar surface area (TPSA) is 39.2 Å². The molecule has 3 aromatic rings. The molecule has 4 heteroatoms. The van der Waals surface area contributed by atoms with Crippen molar-refractivity contribution in [2.75, 3.05) is 0 Å². The van der Waals surface area contributed by atoms with Gasteiger partial charge in [0.25, 0.3) is 0 Å². The monoisotopic (exact) mass is 349 g/mol. The van der Waals surface area contributed by atoms with E-state index in [1.807, 2.05) is 36.4 Å². The molecule has 0 saturated carbocycles. The summed E-state index contributed by atoms with van der Waals surface area (Å²) in [5.41, 5.74) is 9.24. The van der Waals surface area contributed by atoms with E-state index in [0.29, 0.717) is 5.02 Å². The standard InChI is InChI=1S/C16H13BrClNO/c1-9-2-5-14-11(6-9)8-15(20-14)16(19)10-3-4-12(17)13(18)7-10/h2-8,16H,19H2,1H3. The average molecular weight is 351 g/mol. The van der Waals surface area contributed by atoms with Crippen LogP contribution in [0.5, 0.6) is 0 Å². The summed E-state index contributed by atoms with van der Waals surface area (Å²) in [7, 11) is 0. The van der Waals surface area contributed by atoms with Crippen LogP contribution in [0.25, 0.3) is 11.0 Å². The van der Waals surface area contributed by atoms with E-state index in [4.69, 9.17) is 21.8 Å². The zero-order valence-corrected chi connectivity index (χ0v) is 13.2. The van der Waals surface area contributed by atoms with E-state index in [-0.39, 0.29) is 6.04 Å². The minimum atomic E-state index is -0.326. The zero-order valence-electron chi connectivity index (χ0n) is 10.9. The second-order valence-electron chi connectivity index (χ2n) is 4.84. The van der Waals surface area contributed by atoms with Crippen LogP contribution in [0, 0.1) is 6.92 Å². The number of furan rings is 1. The SMILES string of the molecule is Cc1ccc2oc(C(N)c3ccc(Br)c(Cl)c3)cc2c1. The Kier molecular flexibility index (Phi) is 3.59. The van der Waals surface area contributed by atoms with Crippen molar-refractivity contribution < 1.29 is 4.42 Å². The molecule has 1 unspecified atom stereocenters. The van der Waals surface area contributed by atoms with E-state index >= 15 is 0 Å². The summed E-state index contributed by atoms with van der Waals surface area (Å²) in [6, 6.07) is 13.4. The largest absolute Gasteiger partial charge is 0.459 e. The highest BCUT2D eigenvalue weighted by Crippen LogP contribution is 2.30. The maximum absolute atomic E-state index is 6.27. The second-order valence-corrected chi connectivity index (χ2v) is 6.10. The molecule has 1 aromatic heterocycles. The highest BCUT2D eigenvalue weighted by Gasteiger charge is 2.15. The number of aryl methyl sites for hydroxylation is 1. The van der Waals surface area contributed by atoms with Gasteiger partial charge < -0.3 is 10.2 Å². The van der Waals surface area contributed by atoms with Crippen LogP contribution in [0.2, 0.25) is 5.02 Å². The number of rotatable bonds is 2. The first kappa shape index (κ1) is 13.7. The predicted molar refractivity (Wildman–Crippen MR) is 86.1 cm³/mol. The van der Waals surface area contributed by atoms with Gasteiger partial charge in [0, 0.05) is 9.86 Å². The Balaban J connectivity index is 2.02. The van der Waals surface area contributed by atoms with E-state index < -0.39 is 0 Å². The third-order valence-corrected chi connectivity index (χ3v) is 4.53. The van der Waals surface area contributed by atoms with Crippen molar-refractivity contribution in [3.63, 3.8) is 0 Å². The molecule has 2 N–H and O–H groups in total. The fraction of sp³-hybridized carbons (Fsp3) is 0.125. The van der Waals surface area contributed by atoms with Crippen molar-refractivity contribution in [1.29, 1.82) is 0 Å². The Bertz CT molecular complexity index is 781. The fourth-order valence-corrected chi connectivity index (χ4v) is 2.64. The van der Waals surface area contributed by atoms with Gasteiger partial charge in [-0.25, -0.2) is 0 Å². The van der Waals surface area contributed by atoms with Crippen molar-refractivity contribution in [2.45, 2.75) is 13.0 Å². The molecule has 20 heavy (non-hydrogen) atoms. The zero-order chi connectivity index (χ0) is 14.3. The Morgan fingerprint density at radius 2 is 1.95 bits per heavy atom. The molecule has 2 aromatic carbocycles. The molecule has 0 amide bonds. The normalized spacial score (nSPS) is 12.8. The molecule has 0 saturated heterocycles. The predicted octanol–water partition coefficient (Wildman–Crippen LogP) is 5.21. The second kappa shape index (κ2) is 5.24. The number of benzene rings is 2. The van der Waals surface area contributed by atoms with Crippen LogP contribution < -0.4 is 5.73 Å². The third-order valence-electron chi connectivity index (χ3n) is 3.30. The van der Waals surface area contributed by atoms with Gasteiger partial charge in [-0.15, -0.1) is 0 Å². The minimum absolute atomic E-state index is 0.326. The maximum atomic E-state index is 6.27. The van der Waals surface area contributed by atoms with Crippen LogP contribution in [0.15, 0.2) is 51.4 Å². The van der Waals surface area contributed by atoms with Gasteiger partial charge >= 0.3 is 0 Å². The summed E-state index contributed by atoms with van der Waals surface area (Å²) >= 11 is 9.49. The molecule has 0 aliphatic carbocycles. The Morgan fingerprint density at radius 1 is 1.15 bits per heavy atom. The van der Waals surface area contributed by atoms with E-state index in [9.17, 15) is 0 Å². The number of hydrogen-bond acceptors (Lipinski definition) is 2. The molecule has 102 valence electrons. The highest BCUT2D eigenvalue weighted by molar-refractivity contribution is 9.10. The molecule has 1 heterocycles. The number of halogens is 2. The first-order valence-corrected chi connectivity index (χ1v) is 7.42. The van der Waals surface area contributed by atoms with Gasteiger partial charge in [-0.3, -0.25) is 0 Å². The van der Waals surface area contributed by atoms with Crippen LogP contribution in [-0.4, -0.2) is 0 Å². The summed E-state index contributed by atoms with van der Waals surface area (Å²) in [4.78, 5) is 0. The lowest BCUT2D eigenvalue weighted by atomic mass is 10.1. The molecule has 0 spiro atoms. The van der Waals surface area contributed by atoms with Gasteiger partial charge in [0.15, 0.2) is 0 Å². The molecule has 0 radical (unpaired) electrons. The Hall–Kier alpha value is -1.29. The Morgan fingerprint density at radius 3 is 2.70 bits per heavy atom. The van der Waals surface area contributed by atoms with Crippen LogP contribution in [-0.2, 0) is 0 Å². The quantitative estimate of drug-likeness (QED) is 0.689. The third kappa shape index (κ3) is 2.49. The van der Waals surface area contributed by atoms with Crippen molar-refractivity contribution in [1.82, 2.24) is 0 Å². The first-order chi connectivity index (χ1) is 9.54. The highest BCUT2D eigenvalue weighted by atomic mass is 79.9. The molecular formula is C16H13BrClNO. The number of hydrogen-bond donors (Lipinski definition) is 1. The van der Waals surface area contributed by atoms with Crippen LogP contribution in [0.3, 0.4) is 0 Å². The lowest BCUT2D eigenvalue weighted by Gasteiger charge is -2.10. The molecule has 3 rings (SSSR count). The molecule has 2 nitrogen and oxygen atoms in total. The van der Waals surface area contributed by atoms with E-state index in [1.165, 1.54) is 5.56 Å². The van der Waals surface area contributed by atoms with E-state index in [2.05, 4.69) is 28.9 Å². The average Bonchev–Trinajstić information content (AvgIpc) is 2.84. The van der Waals surface area contributed by atoms with E-state index in [0.717, 1.165) is 26.8 Å². The lowest BCUT2D eigenvalue weighted by molar-refractivity contribution is 0.525. The number of nitrogens with two attached hydrogens (primary N) is 1. The summed E-state index contributed by atoms with van der Waals surface area (Å²) in [6.07, 6.45) is 0. The summed E-state index contributed by atoms with van der Waals surface area (Å²) in [5.74, 6) is 0.740. The van der Waals surface area contributed by atoms with Crippen molar-refractivity contribution >= 4 is 38.5 Å².